The molecule has 6 heteroatoms. The molecule has 6 nitrogen and oxygen atoms in total. The van der Waals surface area contributed by atoms with Crippen molar-refractivity contribution in [2.75, 3.05) is 40.9 Å². The van der Waals surface area contributed by atoms with Crippen LogP contribution in [-0.4, -0.2) is 57.8 Å². The molecule has 1 heterocycles. The van der Waals surface area contributed by atoms with E-state index < -0.39 is 0 Å². The number of aliphatic imine (C=N–C) groups is 1. The smallest absolute Gasteiger partial charge is 0.191 e. The highest BCUT2D eigenvalue weighted by atomic mass is 16.5. The number of benzene rings is 1. The van der Waals surface area contributed by atoms with Gasteiger partial charge in [-0.3, -0.25) is 9.89 Å². The van der Waals surface area contributed by atoms with E-state index in [1.807, 2.05) is 18.2 Å². The van der Waals surface area contributed by atoms with Gasteiger partial charge in [0.1, 0.15) is 11.5 Å². The van der Waals surface area contributed by atoms with Gasteiger partial charge < -0.3 is 20.1 Å². The van der Waals surface area contributed by atoms with Crippen LogP contribution < -0.4 is 20.1 Å². The van der Waals surface area contributed by atoms with Gasteiger partial charge in [0, 0.05) is 44.4 Å². The van der Waals surface area contributed by atoms with Gasteiger partial charge in [0.05, 0.1) is 14.2 Å². The molecular weight excluding hydrogens is 316 g/mol. The Labute approximate surface area is 151 Å². The number of nitrogens with one attached hydrogen (secondary N) is 2. The number of nitrogens with zero attached hydrogens (tertiary/aromatic N) is 2. The van der Waals surface area contributed by atoms with Crippen LogP contribution in [-0.2, 0) is 6.54 Å². The van der Waals surface area contributed by atoms with E-state index in [0.29, 0.717) is 12.6 Å². The molecule has 2 N–H and O–H groups in total. The zero-order chi connectivity index (χ0) is 18.1. The van der Waals surface area contributed by atoms with Crippen molar-refractivity contribution in [2.45, 2.75) is 38.8 Å². The Kier molecular flexibility index (Phi) is 7.85. The summed E-state index contributed by atoms with van der Waals surface area (Å²) in [7, 11) is 5.12. The van der Waals surface area contributed by atoms with E-state index in [0.717, 1.165) is 36.1 Å². The molecule has 0 radical (unpaired) electrons. The zero-order valence-corrected chi connectivity index (χ0v) is 16.0. The van der Waals surface area contributed by atoms with Gasteiger partial charge in [0.2, 0.25) is 0 Å². The molecular formula is C19H32N4O2. The van der Waals surface area contributed by atoms with Crippen molar-refractivity contribution in [3.8, 4) is 11.5 Å². The Bertz CT molecular complexity index is 562. The highest BCUT2D eigenvalue weighted by molar-refractivity contribution is 5.79. The fourth-order valence-corrected chi connectivity index (χ4v) is 3.21. The summed E-state index contributed by atoms with van der Waals surface area (Å²) in [6.45, 7) is 6.12. The maximum absolute atomic E-state index is 5.44. The summed E-state index contributed by atoms with van der Waals surface area (Å²) < 4.78 is 10.7. The third-order valence-corrected chi connectivity index (χ3v) is 4.80. The molecule has 0 aromatic heterocycles. The lowest BCUT2D eigenvalue weighted by atomic mass is 10.0. The van der Waals surface area contributed by atoms with Crippen molar-refractivity contribution in [3.05, 3.63) is 23.8 Å². The summed E-state index contributed by atoms with van der Waals surface area (Å²) in [5.41, 5.74) is 1.07. The van der Waals surface area contributed by atoms with Crippen LogP contribution in [0.2, 0.25) is 0 Å². The van der Waals surface area contributed by atoms with Gasteiger partial charge in [-0.05, 0) is 38.4 Å². The quantitative estimate of drug-likeness (QED) is 0.585. The van der Waals surface area contributed by atoms with Crippen LogP contribution >= 0.6 is 0 Å². The van der Waals surface area contributed by atoms with E-state index in [2.05, 4.69) is 27.4 Å². The van der Waals surface area contributed by atoms with Crippen molar-refractivity contribution in [2.24, 2.45) is 4.99 Å². The Morgan fingerprint density at radius 3 is 2.76 bits per heavy atom. The second-order valence-electron chi connectivity index (χ2n) is 6.41. The molecule has 1 saturated heterocycles. The van der Waals surface area contributed by atoms with Gasteiger partial charge in [0.25, 0.3) is 0 Å². The zero-order valence-electron chi connectivity index (χ0n) is 16.0. The van der Waals surface area contributed by atoms with Crippen molar-refractivity contribution in [1.82, 2.24) is 15.5 Å². The van der Waals surface area contributed by atoms with Crippen molar-refractivity contribution >= 4 is 5.96 Å². The maximum Gasteiger partial charge on any atom is 0.191 e. The summed E-state index contributed by atoms with van der Waals surface area (Å²) in [6, 6.07) is 6.53. The lowest BCUT2D eigenvalue weighted by Crippen LogP contribution is -2.45. The highest BCUT2D eigenvalue weighted by Gasteiger charge is 2.17. The number of piperidine rings is 1. The second kappa shape index (κ2) is 10.1. The van der Waals surface area contributed by atoms with Gasteiger partial charge in [-0.15, -0.1) is 0 Å². The number of likely N-dealkylation sites (tertiary alicyclic amines) is 1. The molecule has 1 fully saturated rings. The lowest BCUT2D eigenvalue weighted by Gasteiger charge is -2.33. The van der Waals surface area contributed by atoms with E-state index in [4.69, 9.17) is 9.47 Å². The first kappa shape index (κ1) is 19.4. The van der Waals surface area contributed by atoms with Crippen LogP contribution in [0.5, 0.6) is 11.5 Å². The van der Waals surface area contributed by atoms with Crippen LogP contribution in [0.4, 0.5) is 0 Å². The molecule has 1 aliphatic heterocycles. The third kappa shape index (κ3) is 5.81. The predicted octanol–water partition coefficient (Wildman–Crippen LogP) is 2.24. The molecule has 0 amide bonds. The van der Waals surface area contributed by atoms with Crippen molar-refractivity contribution in [3.63, 3.8) is 0 Å². The van der Waals surface area contributed by atoms with Gasteiger partial charge in [0.15, 0.2) is 5.96 Å². The molecule has 1 atom stereocenters. The Morgan fingerprint density at radius 2 is 2.08 bits per heavy atom. The van der Waals surface area contributed by atoms with E-state index in [1.165, 1.54) is 25.8 Å². The summed E-state index contributed by atoms with van der Waals surface area (Å²) in [4.78, 5) is 6.86. The predicted molar refractivity (Wildman–Crippen MR) is 103 cm³/mol. The number of hydrogen-bond donors (Lipinski definition) is 2. The molecule has 0 bridgehead atoms. The Balaban J connectivity index is 1.80. The molecule has 0 spiro atoms. The van der Waals surface area contributed by atoms with E-state index in [9.17, 15) is 0 Å². The van der Waals surface area contributed by atoms with Crippen LogP contribution in [0.1, 0.15) is 31.7 Å². The minimum atomic E-state index is 0.646. The highest BCUT2D eigenvalue weighted by Crippen LogP contribution is 2.24. The SMILES string of the molecule is CN=C(NCCN1CCCCC1C)NCc1ccc(OC)cc1OC. The van der Waals surface area contributed by atoms with Gasteiger partial charge in [-0.25, -0.2) is 0 Å². The summed E-state index contributed by atoms with van der Waals surface area (Å²) in [5.74, 6) is 2.41. The number of guanidine groups is 1. The van der Waals surface area contributed by atoms with E-state index in [-0.39, 0.29) is 0 Å². The minimum absolute atomic E-state index is 0.646. The molecule has 1 unspecified atom stereocenters. The van der Waals surface area contributed by atoms with E-state index in [1.54, 1.807) is 21.3 Å². The molecule has 0 aliphatic carbocycles. The Morgan fingerprint density at radius 1 is 1.24 bits per heavy atom. The number of rotatable bonds is 7. The fourth-order valence-electron chi connectivity index (χ4n) is 3.21. The first-order chi connectivity index (χ1) is 12.2. The molecule has 1 aliphatic rings. The lowest BCUT2D eigenvalue weighted by molar-refractivity contribution is 0.163. The average Bonchev–Trinajstić information content (AvgIpc) is 2.65. The normalized spacial score (nSPS) is 18.7. The van der Waals surface area contributed by atoms with Crippen LogP contribution in [0, 0.1) is 0 Å². The standard InChI is InChI=1S/C19H32N4O2/c1-15-7-5-6-11-23(15)12-10-21-19(20-2)22-14-16-8-9-17(24-3)13-18(16)25-4/h8-9,13,15H,5-7,10-12,14H2,1-4H3,(H2,20,21,22). The number of ether oxygens (including phenoxy) is 2. The molecule has 2 rings (SSSR count). The monoisotopic (exact) mass is 348 g/mol. The second-order valence-corrected chi connectivity index (χ2v) is 6.41. The summed E-state index contributed by atoms with van der Waals surface area (Å²) >= 11 is 0. The Hall–Kier alpha value is -1.95. The first-order valence-corrected chi connectivity index (χ1v) is 9.07. The summed E-state index contributed by atoms with van der Waals surface area (Å²) in [5, 5.41) is 6.75. The maximum atomic E-state index is 5.44. The fraction of sp³-hybridized carbons (Fsp3) is 0.632. The van der Waals surface area contributed by atoms with Crippen LogP contribution in [0.3, 0.4) is 0 Å². The molecule has 25 heavy (non-hydrogen) atoms. The molecule has 1 aromatic carbocycles. The average molecular weight is 348 g/mol. The molecule has 1 aromatic rings. The summed E-state index contributed by atoms with van der Waals surface area (Å²) in [6.07, 6.45) is 3.98. The first-order valence-electron chi connectivity index (χ1n) is 9.07. The van der Waals surface area contributed by atoms with Gasteiger partial charge >= 0.3 is 0 Å². The molecule has 140 valence electrons. The van der Waals surface area contributed by atoms with E-state index >= 15 is 0 Å². The van der Waals surface area contributed by atoms with Crippen LogP contribution in [0.15, 0.2) is 23.2 Å². The number of hydrogen-bond acceptors (Lipinski definition) is 4. The molecule has 0 saturated carbocycles. The third-order valence-electron chi connectivity index (χ3n) is 4.80. The number of methoxy groups -OCH3 is 2. The largest absolute Gasteiger partial charge is 0.497 e. The van der Waals surface area contributed by atoms with Crippen molar-refractivity contribution in [1.29, 1.82) is 0 Å². The van der Waals surface area contributed by atoms with Crippen LogP contribution in [0.25, 0.3) is 0 Å². The van der Waals surface area contributed by atoms with Gasteiger partial charge in [-0.1, -0.05) is 6.42 Å². The minimum Gasteiger partial charge on any atom is -0.497 e. The topological polar surface area (TPSA) is 58.1 Å². The van der Waals surface area contributed by atoms with Crippen molar-refractivity contribution < 1.29 is 9.47 Å². The van der Waals surface area contributed by atoms with Gasteiger partial charge in [-0.2, -0.15) is 0 Å².